The third-order valence-corrected chi connectivity index (χ3v) is 4.23. The van der Waals surface area contributed by atoms with Crippen LogP contribution < -0.4 is 4.90 Å². The zero-order valence-electron chi connectivity index (χ0n) is 12.5. The SMILES string of the molecule is Cc1cccc(C(=O)N2c3ccccc3C(C)(C)[C@H]2O)c1. The number of aliphatic hydroxyl groups is 1. The summed E-state index contributed by atoms with van der Waals surface area (Å²) in [6.07, 6.45) is -0.858. The van der Waals surface area contributed by atoms with Crippen LogP contribution in [0, 0.1) is 6.92 Å². The van der Waals surface area contributed by atoms with E-state index in [1.807, 2.05) is 63.2 Å². The lowest BCUT2D eigenvalue weighted by Gasteiger charge is -2.28. The summed E-state index contributed by atoms with van der Waals surface area (Å²) in [6, 6.07) is 15.1. The third kappa shape index (κ3) is 2.05. The molecular weight excluding hydrogens is 262 g/mol. The topological polar surface area (TPSA) is 40.5 Å². The van der Waals surface area contributed by atoms with Gasteiger partial charge < -0.3 is 5.11 Å². The van der Waals surface area contributed by atoms with Crippen LogP contribution in [0.3, 0.4) is 0 Å². The molecule has 21 heavy (non-hydrogen) atoms. The highest BCUT2D eigenvalue weighted by atomic mass is 16.3. The number of amides is 1. The maximum Gasteiger partial charge on any atom is 0.260 e. The van der Waals surface area contributed by atoms with E-state index in [1.54, 1.807) is 6.07 Å². The molecule has 1 aliphatic rings. The minimum atomic E-state index is -0.858. The highest BCUT2D eigenvalue weighted by Crippen LogP contribution is 2.44. The first-order valence-corrected chi connectivity index (χ1v) is 7.11. The smallest absolute Gasteiger partial charge is 0.260 e. The molecule has 0 saturated carbocycles. The Kier molecular flexibility index (Phi) is 3.10. The number of hydrogen-bond acceptors (Lipinski definition) is 2. The highest BCUT2D eigenvalue weighted by Gasteiger charge is 2.46. The summed E-state index contributed by atoms with van der Waals surface area (Å²) < 4.78 is 0. The fourth-order valence-corrected chi connectivity index (χ4v) is 2.96. The van der Waals surface area contributed by atoms with Crippen molar-refractivity contribution in [2.24, 2.45) is 0 Å². The zero-order valence-corrected chi connectivity index (χ0v) is 12.5. The minimum Gasteiger partial charge on any atom is -0.372 e. The number of carbonyl (C=O) groups is 1. The van der Waals surface area contributed by atoms with Crippen LogP contribution in [0.1, 0.15) is 35.3 Å². The summed E-state index contributed by atoms with van der Waals surface area (Å²) >= 11 is 0. The van der Waals surface area contributed by atoms with Gasteiger partial charge in [-0.15, -0.1) is 0 Å². The van der Waals surface area contributed by atoms with Gasteiger partial charge in [0, 0.05) is 11.0 Å². The van der Waals surface area contributed by atoms with Crippen molar-refractivity contribution in [1.82, 2.24) is 0 Å². The second-order valence-electron chi connectivity index (χ2n) is 6.16. The van der Waals surface area contributed by atoms with Crippen molar-refractivity contribution >= 4 is 11.6 Å². The predicted octanol–water partition coefficient (Wildman–Crippen LogP) is 3.25. The Morgan fingerprint density at radius 2 is 1.86 bits per heavy atom. The molecule has 0 spiro atoms. The quantitative estimate of drug-likeness (QED) is 0.871. The van der Waals surface area contributed by atoms with Gasteiger partial charge in [-0.1, -0.05) is 49.7 Å². The molecule has 0 bridgehead atoms. The van der Waals surface area contributed by atoms with Gasteiger partial charge in [0.25, 0.3) is 5.91 Å². The van der Waals surface area contributed by atoms with E-state index in [0.29, 0.717) is 5.56 Å². The van der Waals surface area contributed by atoms with Crippen molar-refractivity contribution in [3.8, 4) is 0 Å². The Balaban J connectivity index is 2.09. The Bertz CT molecular complexity index is 706. The molecule has 0 aliphatic carbocycles. The molecule has 3 nitrogen and oxygen atoms in total. The highest BCUT2D eigenvalue weighted by molar-refractivity contribution is 6.08. The molecule has 0 fully saturated rings. The number of para-hydroxylation sites is 1. The number of carbonyl (C=O) groups excluding carboxylic acids is 1. The van der Waals surface area contributed by atoms with Gasteiger partial charge in [-0.2, -0.15) is 0 Å². The van der Waals surface area contributed by atoms with Crippen molar-refractivity contribution in [2.45, 2.75) is 32.4 Å². The first-order chi connectivity index (χ1) is 9.93. The summed E-state index contributed by atoms with van der Waals surface area (Å²) in [4.78, 5) is 14.3. The molecule has 0 aromatic heterocycles. The summed E-state index contributed by atoms with van der Waals surface area (Å²) in [6.45, 7) is 5.87. The molecule has 1 atom stereocenters. The second kappa shape index (κ2) is 4.71. The molecule has 1 amide bonds. The van der Waals surface area contributed by atoms with Gasteiger partial charge in [-0.3, -0.25) is 9.69 Å². The predicted molar refractivity (Wildman–Crippen MR) is 83.5 cm³/mol. The molecule has 1 N–H and O–H groups in total. The van der Waals surface area contributed by atoms with Gasteiger partial charge in [0.1, 0.15) is 6.23 Å². The van der Waals surface area contributed by atoms with Crippen molar-refractivity contribution in [1.29, 1.82) is 0 Å². The van der Waals surface area contributed by atoms with E-state index in [9.17, 15) is 9.90 Å². The number of fused-ring (bicyclic) bond motifs is 1. The van der Waals surface area contributed by atoms with Gasteiger partial charge in [-0.05, 0) is 30.7 Å². The van der Waals surface area contributed by atoms with Crippen molar-refractivity contribution in [3.63, 3.8) is 0 Å². The van der Waals surface area contributed by atoms with Crippen LogP contribution in [-0.4, -0.2) is 17.2 Å². The van der Waals surface area contributed by atoms with Crippen LogP contribution in [0.15, 0.2) is 48.5 Å². The minimum absolute atomic E-state index is 0.163. The molecule has 0 saturated heterocycles. The van der Waals surface area contributed by atoms with Crippen LogP contribution in [0.25, 0.3) is 0 Å². The Hall–Kier alpha value is -2.13. The average Bonchev–Trinajstić information content (AvgIpc) is 2.67. The summed E-state index contributed by atoms with van der Waals surface area (Å²) in [5.41, 5.74) is 2.94. The Labute approximate surface area is 124 Å². The third-order valence-electron chi connectivity index (χ3n) is 4.23. The van der Waals surface area contributed by atoms with E-state index in [1.165, 1.54) is 4.90 Å². The molecule has 3 rings (SSSR count). The van der Waals surface area contributed by atoms with E-state index in [-0.39, 0.29) is 5.91 Å². The maximum atomic E-state index is 12.8. The van der Waals surface area contributed by atoms with E-state index in [4.69, 9.17) is 0 Å². The molecule has 1 aliphatic heterocycles. The van der Waals surface area contributed by atoms with E-state index < -0.39 is 11.6 Å². The first-order valence-electron chi connectivity index (χ1n) is 7.11. The van der Waals surface area contributed by atoms with E-state index in [2.05, 4.69) is 0 Å². The number of anilines is 1. The Morgan fingerprint density at radius 1 is 1.14 bits per heavy atom. The van der Waals surface area contributed by atoms with Gasteiger partial charge in [0.05, 0.1) is 5.69 Å². The lowest BCUT2D eigenvalue weighted by atomic mass is 9.85. The largest absolute Gasteiger partial charge is 0.372 e. The molecule has 2 aromatic carbocycles. The number of benzene rings is 2. The van der Waals surface area contributed by atoms with Crippen molar-refractivity contribution in [3.05, 3.63) is 65.2 Å². The van der Waals surface area contributed by atoms with Crippen LogP contribution in [-0.2, 0) is 5.41 Å². The van der Waals surface area contributed by atoms with E-state index in [0.717, 1.165) is 16.8 Å². The Morgan fingerprint density at radius 3 is 2.57 bits per heavy atom. The molecule has 3 heteroatoms. The fraction of sp³-hybridized carbons (Fsp3) is 0.278. The van der Waals surface area contributed by atoms with Gasteiger partial charge in [0.15, 0.2) is 0 Å². The lowest BCUT2D eigenvalue weighted by molar-refractivity contribution is 0.0780. The van der Waals surface area contributed by atoms with Crippen molar-refractivity contribution < 1.29 is 9.90 Å². The number of aliphatic hydroxyl groups excluding tert-OH is 1. The molecule has 0 radical (unpaired) electrons. The summed E-state index contributed by atoms with van der Waals surface area (Å²) in [5.74, 6) is -0.163. The fourth-order valence-electron chi connectivity index (χ4n) is 2.96. The van der Waals surface area contributed by atoms with Crippen molar-refractivity contribution in [2.75, 3.05) is 4.90 Å². The second-order valence-corrected chi connectivity index (χ2v) is 6.16. The molecule has 2 aromatic rings. The van der Waals surface area contributed by atoms with Crippen LogP contribution in [0.5, 0.6) is 0 Å². The van der Waals surface area contributed by atoms with Crippen LogP contribution in [0.4, 0.5) is 5.69 Å². The van der Waals surface area contributed by atoms with Gasteiger partial charge in [-0.25, -0.2) is 0 Å². The molecular formula is C18H19NO2. The van der Waals surface area contributed by atoms with Gasteiger partial charge >= 0.3 is 0 Å². The number of hydrogen-bond donors (Lipinski definition) is 1. The summed E-state index contributed by atoms with van der Waals surface area (Å²) in [5, 5.41) is 10.6. The standard InChI is InChI=1S/C18H19NO2/c1-12-7-6-8-13(11-12)16(20)19-15-10-5-4-9-14(15)18(2,3)17(19)21/h4-11,17,21H,1-3H3/t17-/m1/s1. The normalized spacial score (nSPS) is 19.4. The summed E-state index contributed by atoms with van der Waals surface area (Å²) in [7, 11) is 0. The number of rotatable bonds is 1. The van der Waals surface area contributed by atoms with Crippen LogP contribution in [0.2, 0.25) is 0 Å². The zero-order chi connectivity index (χ0) is 15.2. The van der Waals surface area contributed by atoms with E-state index >= 15 is 0 Å². The number of aryl methyl sites for hydroxylation is 1. The molecule has 1 heterocycles. The first kappa shape index (κ1) is 13.8. The average molecular weight is 281 g/mol. The maximum absolute atomic E-state index is 12.8. The van der Waals surface area contributed by atoms with Crippen LogP contribution >= 0.6 is 0 Å². The molecule has 0 unspecified atom stereocenters. The monoisotopic (exact) mass is 281 g/mol. The number of nitrogens with zero attached hydrogens (tertiary/aromatic N) is 1. The molecule has 108 valence electrons. The lowest BCUT2D eigenvalue weighted by Crippen LogP contribution is -2.44. The van der Waals surface area contributed by atoms with Gasteiger partial charge in [0.2, 0.25) is 0 Å².